The van der Waals surface area contributed by atoms with Crippen LogP contribution in [0.4, 0.5) is 11.5 Å². The molecule has 3 heterocycles. The number of nitrogens with zero attached hydrogens (tertiary/aromatic N) is 5. The van der Waals surface area contributed by atoms with Crippen molar-refractivity contribution < 1.29 is 0 Å². The molecule has 0 amide bonds. The Bertz CT molecular complexity index is 1070. The second-order valence-electron chi connectivity index (χ2n) is 7.70. The minimum atomic E-state index is 0.685. The highest BCUT2D eigenvalue weighted by atomic mass is 15.2. The van der Waals surface area contributed by atoms with E-state index in [9.17, 15) is 0 Å². The van der Waals surface area contributed by atoms with Crippen molar-refractivity contribution in [3.8, 4) is 11.1 Å². The molecule has 0 aliphatic carbocycles. The van der Waals surface area contributed by atoms with Gasteiger partial charge in [-0.1, -0.05) is 18.2 Å². The molecule has 0 bridgehead atoms. The summed E-state index contributed by atoms with van der Waals surface area (Å²) in [4.78, 5) is 18.7. The maximum Gasteiger partial charge on any atom is 0.147 e. The Labute approximate surface area is 164 Å². The summed E-state index contributed by atoms with van der Waals surface area (Å²) in [5, 5.41) is 0. The van der Waals surface area contributed by atoms with Crippen molar-refractivity contribution in [1.29, 1.82) is 0 Å². The van der Waals surface area contributed by atoms with Gasteiger partial charge in [0.2, 0.25) is 0 Å². The zero-order valence-electron chi connectivity index (χ0n) is 16.1. The molecule has 1 saturated heterocycles. The molecular weight excluding hydrogens is 348 g/mol. The molecule has 0 spiro atoms. The molecule has 5 rings (SSSR count). The lowest BCUT2D eigenvalue weighted by Crippen LogP contribution is -2.29. The first-order valence-corrected chi connectivity index (χ1v) is 9.82. The maximum absolute atomic E-state index is 5.88. The molecule has 6 heteroatoms. The van der Waals surface area contributed by atoms with E-state index in [1.165, 1.54) is 5.56 Å². The number of benzene rings is 2. The first kappa shape index (κ1) is 17.1. The number of likely N-dealkylation sites (N-methyl/N-ethyl adjacent to an activating group) is 1. The van der Waals surface area contributed by atoms with E-state index in [1.54, 1.807) is 0 Å². The number of fused-ring (bicyclic) bond motifs is 2. The molecular formula is C22H24N6. The van der Waals surface area contributed by atoms with Crippen LogP contribution >= 0.6 is 0 Å². The van der Waals surface area contributed by atoms with Gasteiger partial charge >= 0.3 is 0 Å². The molecule has 2 aromatic carbocycles. The van der Waals surface area contributed by atoms with Crippen LogP contribution in [-0.4, -0.2) is 53.9 Å². The van der Waals surface area contributed by atoms with Gasteiger partial charge in [-0.05, 0) is 54.9 Å². The van der Waals surface area contributed by atoms with Crippen molar-refractivity contribution in [3.63, 3.8) is 0 Å². The summed E-state index contributed by atoms with van der Waals surface area (Å²) < 4.78 is 0. The van der Waals surface area contributed by atoms with Crippen LogP contribution < -0.4 is 10.6 Å². The van der Waals surface area contributed by atoms with Crippen LogP contribution in [0, 0.1) is 0 Å². The van der Waals surface area contributed by atoms with Crippen molar-refractivity contribution in [1.82, 2.24) is 14.9 Å². The second kappa shape index (κ2) is 6.87. The summed E-state index contributed by atoms with van der Waals surface area (Å²) in [6, 6.07) is 12.6. The number of nitrogens with two attached hydrogens (primary N) is 1. The van der Waals surface area contributed by atoms with Crippen molar-refractivity contribution in [2.45, 2.75) is 12.8 Å². The number of aliphatic imine (C=N–C) groups is 1. The van der Waals surface area contributed by atoms with Gasteiger partial charge < -0.3 is 15.5 Å². The molecule has 2 aliphatic rings. The normalized spacial score (nSPS) is 17.5. The quantitative estimate of drug-likeness (QED) is 0.749. The lowest BCUT2D eigenvalue weighted by molar-refractivity contribution is 0.360. The Morgan fingerprint density at radius 1 is 0.929 bits per heavy atom. The minimum Gasteiger partial charge on any atom is -0.387 e. The maximum atomic E-state index is 5.88. The van der Waals surface area contributed by atoms with Gasteiger partial charge in [0.05, 0.1) is 22.9 Å². The number of amidine groups is 1. The van der Waals surface area contributed by atoms with E-state index in [4.69, 9.17) is 10.7 Å². The Kier molecular flexibility index (Phi) is 4.20. The van der Waals surface area contributed by atoms with Gasteiger partial charge in [0, 0.05) is 26.1 Å². The number of aromatic nitrogens is 2. The van der Waals surface area contributed by atoms with Crippen LogP contribution in [0.5, 0.6) is 0 Å². The van der Waals surface area contributed by atoms with Gasteiger partial charge in [0.1, 0.15) is 11.7 Å². The molecule has 6 nitrogen and oxygen atoms in total. The number of hydrogen-bond acceptors (Lipinski definition) is 6. The zero-order valence-corrected chi connectivity index (χ0v) is 16.1. The Morgan fingerprint density at radius 2 is 1.79 bits per heavy atom. The minimum absolute atomic E-state index is 0.685. The van der Waals surface area contributed by atoms with Gasteiger partial charge in [0.15, 0.2) is 0 Å². The largest absolute Gasteiger partial charge is 0.387 e. The standard InChI is InChI=1S/C22H24N6/c1-27-7-2-8-28(10-9-27)22-14-24-18-6-5-16(12-20(18)26-22)15-3-4-17-13-21(23)25-19(17)11-15/h3-6,11-12,14H,2,7-10,13H2,1H3,(H2,23,25). The molecule has 0 atom stereocenters. The summed E-state index contributed by atoms with van der Waals surface area (Å²) in [5.74, 6) is 1.65. The van der Waals surface area contributed by atoms with Crippen molar-refractivity contribution in [2.75, 3.05) is 38.1 Å². The molecule has 142 valence electrons. The lowest BCUT2D eigenvalue weighted by atomic mass is 10.0. The third-order valence-electron chi connectivity index (χ3n) is 5.63. The average Bonchev–Trinajstić information content (AvgIpc) is 2.94. The Morgan fingerprint density at radius 3 is 2.71 bits per heavy atom. The topological polar surface area (TPSA) is 70.6 Å². The van der Waals surface area contributed by atoms with Crippen LogP contribution in [0.15, 0.2) is 47.6 Å². The van der Waals surface area contributed by atoms with Crippen LogP contribution in [0.3, 0.4) is 0 Å². The first-order valence-electron chi connectivity index (χ1n) is 9.82. The van der Waals surface area contributed by atoms with E-state index in [-0.39, 0.29) is 0 Å². The molecule has 2 N–H and O–H groups in total. The van der Waals surface area contributed by atoms with Crippen molar-refractivity contribution >= 4 is 28.4 Å². The van der Waals surface area contributed by atoms with Crippen LogP contribution in [0.25, 0.3) is 22.2 Å². The Hall–Kier alpha value is -2.99. The summed E-state index contributed by atoms with van der Waals surface area (Å²) >= 11 is 0. The summed E-state index contributed by atoms with van der Waals surface area (Å²) in [7, 11) is 2.18. The van der Waals surface area contributed by atoms with E-state index < -0.39 is 0 Å². The number of rotatable bonds is 2. The van der Waals surface area contributed by atoms with E-state index in [2.05, 4.69) is 57.2 Å². The predicted octanol–water partition coefficient (Wildman–Crippen LogP) is 2.98. The zero-order chi connectivity index (χ0) is 19.1. The van der Waals surface area contributed by atoms with Crippen LogP contribution in [0.2, 0.25) is 0 Å². The fourth-order valence-corrected chi connectivity index (χ4v) is 4.00. The highest BCUT2D eigenvalue weighted by Crippen LogP contribution is 2.32. The molecule has 0 unspecified atom stereocenters. The van der Waals surface area contributed by atoms with Gasteiger partial charge in [-0.2, -0.15) is 0 Å². The van der Waals surface area contributed by atoms with Gasteiger partial charge in [-0.3, -0.25) is 4.98 Å². The third-order valence-corrected chi connectivity index (χ3v) is 5.63. The average molecular weight is 372 g/mol. The summed E-state index contributed by atoms with van der Waals surface area (Å²) in [6.07, 6.45) is 3.79. The summed E-state index contributed by atoms with van der Waals surface area (Å²) in [5.41, 5.74) is 12.1. The van der Waals surface area contributed by atoms with Crippen LogP contribution in [-0.2, 0) is 6.42 Å². The SMILES string of the molecule is CN1CCCN(c2cnc3ccc(-c4ccc5c(c4)N=C(N)C5)cc3n2)CC1. The fourth-order valence-electron chi connectivity index (χ4n) is 4.00. The van der Waals surface area contributed by atoms with Gasteiger partial charge in [-0.25, -0.2) is 9.98 Å². The molecule has 28 heavy (non-hydrogen) atoms. The third kappa shape index (κ3) is 3.20. The van der Waals surface area contributed by atoms with E-state index >= 15 is 0 Å². The van der Waals surface area contributed by atoms with E-state index in [0.717, 1.165) is 72.7 Å². The monoisotopic (exact) mass is 372 g/mol. The van der Waals surface area contributed by atoms with E-state index in [1.807, 2.05) is 12.3 Å². The molecule has 0 saturated carbocycles. The fraction of sp³-hybridized carbons (Fsp3) is 0.318. The molecule has 1 aromatic heterocycles. The highest BCUT2D eigenvalue weighted by molar-refractivity contribution is 5.92. The van der Waals surface area contributed by atoms with E-state index in [0.29, 0.717) is 5.84 Å². The number of hydrogen-bond donors (Lipinski definition) is 1. The predicted molar refractivity (Wildman–Crippen MR) is 114 cm³/mol. The van der Waals surface area contributed by atoms with Crippen molar-refractivity contribution in [2.24, 2.45) is 10.7 Å². The molecule has 0 radical (unpaired) electrons. The highest BCUT2D eigenvalue weighted by Gasteiger charge is 2.16. The van der Waals surface area contributed by atoms with Crippen molar-refractivity contribution in [3.05, 3.63) is 48.2 Å². The smallest absolute Gasteiger partial charge is 0.147 e. The second-order valence-corrected chi connectivity index (χ2v) is 7.70. The molecule has 3 aromatic rings. The summed E-state index contributed by atoms with van der Waals surface area (Å²) in [6.45, 7) is 4.20. The Balaban J connectivity index is 1.49. The molecule has 1 fully saturated rings. The van der Waals surface area contributed by atoms with Gasteiger partial charge in [-0.15, -0.1) is 0 Å². The van der Waals surface area contributed by atoms with Crippen LogP contribution in [0.1, 0.15) is 12.0 Å². The molecule has 2 aliphatic heterocycles. The van der Waals surface area contributed by atoms with Gasteiger partial charge in [0.25, 0.3) is 0 Å². The number of anilines is 1. The first-order chi connectivity index (χ1) is 13.7. The lowest BCUT2D eigenvalue weighted by Gasteiger charge is -2.21.